The smallest absolute Gasteiger partial charge is 0.245 e. The van der Waals surface area contributed by atoms with Gasteiger partial charge < -0.3 is 15.5 Å². The van der Waals surface area contributed by atoms with Gasteiger partial charge >= 0.3 is 0 Å². The number of amides is 2. The Morgan fingerprint density at radius 2 is 1.95 bits per heavy atom. The van der Waals surface area contributed by atoms with Gasteiger partial charge in [-0.1, -0.05) is 19.3 Å². The molecule has 1 aliphatic heterocycles. The van der Waals surface area contributed by atoms with Crippen molar-refractivity contribution in [2.75, 3.05) is 19.6 Å². The second-order valence-corrected chi connectivity index (χ2v) is 6.58. The third-order valence-electron chi connectivity index (χ3n) is 4.73. The molecule has 0 aromatic carbocycles. The lowest BCUT2D eigenvalue weighted by atomic mass is 9.87. The van der Waals surface area contributed by atoms with E-state index < -0.39 is 6.04 Å². The van der Waals surface area contributed by atoms with Gasteiger partial charge in [0, 0.05) is 32.1 Å². The van der Waals surface area contributed by atoms with Crippen LogP contribution in [0, 0.1) is 5.92 Å². The van der Waals surface area contributed by atoms with Crippen LogP contribution in [0.1, 0.15) is 52.4 Å². The lowest BCUT2D eigenvalue weighted by molar-refractivity contribution is -0.138. The summed E-state index contributed by atoms with van der Waals surface area (Å²) >= 11 is 0. The van der Waals surface area contributed by atoms with Crippen molar-refractivity contribution in [3.8, 4) is 0 Å². The number of piperazine rings is 1. The molecule has 0 aromatic rings. The normalized spacial score (nSPS) is 24.3. The van der Waals surface area contributed by atoms with E-state index >= 15 is 0 Å². The number of carbonyl (C=O) groups excluding carboxylic acids is 2. The molecule has 2 fully saturated rings. The number of nitrogens with zero attached hydrogens (tertiary/aromatic N) is 1. The molecule has 128 valence electrons. The van der Waals surface area contributed by atoms with Gasteiger partial charge in [-0.25, -0.2) is 0 Å². The predicted octanol–water partition coefficient (Wildman–Crippen LogP) is 1.70. The Bertz CT molecular complexity index is 372. The van der Waals surface area contributed by atoms with Gasteiger partial charge in [0.15, 0.2) is 0 Å². The fourth-order valence-corrected chi connectivity index (χ4v) is 3.43. The number of halogens is 1. The Morgan fingerprint density at radius 1 is 1.27 bits per heavy atom. The fourth-order valence-electron chi connectivity index (χ4n) is 3.43. The first-order valence-corrected chi connectivity index (χ1v) is 8.38. The van der Waals surface area contributed by atoms with Gasteiger partial charge in [0.1, 0.15) is 6.04 Å². The van der Waals surface area contributed by atoms with Crippen molar-refractivity contribution in [1.29, 1.82) is 0 Å². The first-order valence-electron chi connectivity index (χ1n) is 8.38. The van der Waals surface area contributed by atoms with Crippen LogP contribution < -0.4 is 10.6 Å². The summed E-state index contributed by atoms with van der Waals surface area (Å²) in [5, 5.41) is 6.17. The highest BCUT2D eigenvalue weighted by molar-refractivity contribution is 5.87. The van der Waals surface area contributed by atoms with Gasteiger partial charge in [-0.15, -0.1) is 12.4 Å². The van der Waals surface area contributed by atoms with Crippen LogP contribution in [0.5, 0.6) is 0 Å². The molecule has 1 unspecified atom stereocenters. The average molecular weight is 332 g/mol. The lowest BCUT2D eigenvalue weighted by Crippen LogP contribution is -2.57. The SMILES string of the molecule is CC(NC(=O)CC1CCCCC1)C(=O)N1CCNC[C@@H]1C.Cl. The summed E-state index contributed by atoms with van der Waals surface area (Å²) in [6.07, 6.45) is 6.67. The quantitative estimate of drug-likeness (QED) is 0.824. The van der Waals surface area contributed by atoms with E-state index in [0.717, 1.165) is 32.5 Å². The third kappa shape index (κ3) is 5.43. The number of hydrogen-bond donors (Lipinski definition) is 2. The predicted molar refractivity (Wildman–Crippen MR) is 90.1 cm³/mol. The maximum atomic E-state index is 12.4. The van der Waals surface area contributed by atoms with Crippen LogP contribution >= 0.6 is 12.4 Å². The first-order chi connectivity index (χ1) is 10.1. The minimum atomic E-state index is -0.415. The highest BCUT2D eigenvalue weighted by atomic mass is 35.5. The van der Waals surface area contributed by atoms with Crippen LogP contribution in [-0.2, 0) is 9.59 Å². The highest BCUT2D eigenvalue weighted by Gasteiger charge is 2.28. The molecule has 0 aromatic heterocycles. The summed E-state index contributed by atoms with van der Waals surface area (Å²) in [7, 11) is 0. The van der Waals surface area contributed by atoms with E-state index in [4.69, 9.17) is 0 Å². The molecule has 1 aliphatic carbocycles. The Kier molecular flexibility index (Phi) is 8.18. The molecule has 2 atom stereocenters. The van der Waals surface area contributed by atoms with Crippen molar-refractivity contribution in [2.24, 2.45) is 5.92 Å². The lowest BCUT2D eigenvalue weighted by Gasteiger charge is -2.35. The Balaban J connectivity index is 0.00000242. The molecule has 1 heterocycles. The molecule has 0 radical (unpaired) electrons. The summed E-state index contributed by atoms with van der Waals surface area (Å²) in [6, 6.07) is -0.217. The van der Waals surface area contributed by atoms with E-state index in [0.29, 0.717) is 12.3 Å². The summed E-state index contributed by atoms with van der Waals surface area (Å²) in [6.45, 7) is 6.23. The number of nitrogens with one attached hydrogen (secondary N) is 2. The van der Waals surface area contributed by atoms with Gasteiger partial charge in [-0.05, 0) is 32.6 Å². The Labute approximate surface area is 140 Å². The van der Waals surface area contributed by atoms with Gasteiger partial charge in [0.05, 0.1) is 0 Å². The summed E-state index contributed by atoms with van der Waals surface area (Å²) in [5.41, 5.74) is 0. The zero-order valence-electron chi connectivity index (χ0n) is 13.8. The van der Waals surface area contributed by atoms with Crippen LogP contribution in [0.3, 0.4) is 0 Å². The van der Waals surface area contributed by atoms with E-state index in [-0.39, 0.29) is 30.3 Å². The molecular formula is C16H30ClN3O2. The second-order valence-electron chi connectivity index (χ2n) is 6.58. The number of rotatable bonds is 4. The topological polar surface area (TPSA) is 61.4 Å². The molecule has 1 saturated heterocycles. The second kappa shape index (κ2) is 9.36. The maximum absolute atomic E-state index is 12.4. The molecule has 0 bridgehead atoms. The van der Waals surface area contributed by atoms with Crippen LogP contribution in [0.15, 0.2) is 0 Å². The van der Waals surface area contributed by atoms with E-state index in [1.807, 2.05) is 11.8 Å². The van der Waals surface area contributed by atoms with Crippen LogP contribution in [-0.4, -0.2) is 48.4 Å². The van der Waals surface area contributed by atoms with Crippen LogP contribution in [0.4, 0.5) is 0 Å². The molecule has 2 amide bonds. The van der Waals surface area contributed by atoms with Gasteiger partial charge in [-0.3, -0.25) is 9.59 Å². The summed E-state index contributed by atoms with van der Waals surface area (Å²) < 4.78 is 0. The average Bonchev–Trinajstić information content (AvgIpc) is 2.48. The first kappa shape index (κ1) is 19.2. The largest absolute Gasteiger partial charge is 0.345 e. The number of hydrogen-bond acceptors (Lipinski definition) is 3. The van der Waals surface area contributed by atoms with E-state index in [1.165, 1.54) is 19.3 Å². The fraction of sp³-hybridized carbons (Fsp3) is 0.875. The highest BCUT2D eigenvalue weighted by Crippen LogP contribution is 2.26. The van der Waals surface area contributed by atoms with Crippen LogP contribution in [0.25, 0.3) is 0 Å². The Hall–Kier alpha value is -0.810. The molecule has 2 N–H and O–H groups in total. The molecule has 5 nitrogen and oxygen atoms in total. The zero-order chi connectivity index (χ0) is 15.2. The van der Waals surface area contributed by atoms with Gasteiger partial charge in [0.25, 0.3) is 0 Å². The summed E-state index contributed by atoms with van der Waals surface area (Å²) in [5.74, 6) is 0.589. The third-order valence-corrected chi connectivity index (χ3v) is 4.73. The molecular weight excluding hydrogens is 302 g/mol. The van der Waals surface area contributed by atoms with Crippen LogP contribution in [0.2, 0.25) is 0 Å². The molecule has 22 heavy (non-hydrogen) atoms. The van der Waals surface area contributed by atoms with Crippen molar-refractivity contribution < 1.29 is 9.59 Å². The zero-order valence-corrected chi connectivity index (χ0v) is 14.6. The monoisotopic (exact) mass is 331 g/mol. The molecule has 1 saturated carbocycles. The van der Waals surface area contributed by atoms with Crippen molar-refractivity contribution in [2.45, 2.75) is 64.5 Å². The Morgan fingerprint density at radius 3 is 2.59 bits per heavy atom. The van der Waals surface area contributed by atoms with E-state index in [9.17, 15) is 9.59 Å². The number of carbonyl (C=O) groups is 2. The van der Waals surface area contributed by atoms with Gasteiger partial charge in [0.2, 0.25) is 11.8 Å². The summed E-state index contributed by atoms with van der Waals surface area (Å²) in [4.78, 5) is 26.4. The van der Waals surface area contributed by atoms with Crippen molar-refractivity contribution in [1.82, 2.24) is 15.5 Å². The van der Waals surface area contributed by atoms with Crippen molar-refractivity contribution >= 4 is 24.2 Å². The van der Waals surface area contributed by atoms with E-state index in [1.54, 1.807) is 6.92 Å². The molecule has 2 rings (SSSR count). The minimum Gasteiger partial charge on any atom is -0.345 e. The minimum absolute atomic E-state index is 0. The standard InChI is InChI=1S/C16H29N3O2.ClH/c1-12-11-17-8-9-19(12)16(21)13(2)18-15(20)10-14-6-4-3-5-7-14;/h12-14,17H,3-11H2,1-2H3,(H,18,20);1H/t12-,13?;/m0./s1. The molecule has 6 heteroatoms. The van der Waals surface area contributed by atoms with E-state index in [2.05, 4.69) is 10.6 Å². The maximum Gasteiger partial charge on any atom is 0.245 e. The molecule has 0 spiro atoms. The van der Waals surface area contributed by atoms with Crippen molar-refractivity contribution in [3.63, 3.8) is 0 Å². The van der Waals surface area contributed by atoms with Crippen molar-refractivity contribution in [3.05, 3.63) is 0 Å². The molecule has 2 aliphatic rings. The van der Waals surface area contributed by atoms with Gasteiger partial charge in [-0.2, -0.15) is 0 Å².